The molecule has 0 saturated heterocycles. The van der Waals surface area contributed by atoms with Crippen molar-refractivity contribution in [3.05, 3.63) is 63.8 Å². The molecule has 0 aliphatic heterocycles. The van der Waals surface area contributed by atoms with Crippen LogP contribution < -0.4 is 10.5 Å². The summed E-state index contributed by atoms with van der Waals surface area (Å²) in [5.41, 5.74) is -6.63. The average molecular weight is 697 g/mol. The van der Waals surface area contributed by atoms with Gasteiger partial charge in [0.15, 0.2) is 0 Å². The lowest BCUT2D eigenvalue weighted by atomic mass is 10.0. The Bertz CT molecular complexity index is 1600. The molecule has 0 fully saturated rings. The second kappa shape index (κ2) is 15.5. The van der Waals surface area contributed by atoms with E-state index in [9.17, 15) is 19.5 Å². The first-order valence-corrected chi connectivity index (χ1v) is 15.5. The Hall–Kier alpha value is -4.28. The molecule has 2 amide bonds. The maximum atomic E-state index is 15.1. The molecule has 0 radical (unpaired) electrons. The monoisotopic (exact) mass is 696 g/mol. The number of rotatable bonds is 12. The fourth-order valence-corrected chi connectivity index (χ4v) is 4.26. The molecule has 270 valence electrons. The molecule has 1 aromatic carbocycles. The van der Waals surface area contributed by atoms with Crippen LogP contribution in [0.25, 0.3) is 11.6 Å². The van der Waals surface area contributed by atoms with Crippen LogP contribution in [-0.4, -0.2) is 69.2 Å². The number of H-pyrrole nitrogens is 1. The maximum absolute atomic E-state index is 15.1. The number of aliphatic hydroxyl groups is 1. The first-order chi connectivity index (χ1) is 22.6. The molecule has 0 aliphatic rings. The SMILES string of the molecule is Cc1cc(N(C(=O)OC(C)(C)C)C(=O)OC(C)(C)C)c(-c2nnc(C(COCCC[C@H](C)O)(OCc3ccccc3)C(F)(F)F)o2)[nH]c1=O. The van der Waals surface area contributed by atoms with Gasteiger partial charge in [0.05, 0.1) is 25.0 Å². The summed E-state index contributed by atoms with van der Waals surface area (Å²) in [6.45, 7) is 10.5. The summed E-state index contributed by atoms with van der Waals surface area (Å²) in [7, 11) is 0. The number of imide groups is 1. The highest BCUT2D eigenvalue weighted by molar-refractivity contribution is 6.11. The number of carbonyl (C=O) groups is 2. The Balaban J connectivity index is 2.19. The van der Waals surface area contributed by atoms with Gasteiger partial charge in [-0.25, -0.2) is 9.59 Å². The van der Waals surface area contributed by atoms with Gasteiger partial charge < -0.3 is 33.5 Å². The number of ether oxygens (including phenoxy) is 4. The van der Waals surface area contributed by atoms with E-state index in [2.05, 4.69) is 15.2 Å². The van der Waals surface area contributed by atoms with Gasteiger partial charge in [0.2, 0.25) is 0 Å². The molecular weight excluding hydrogens is 653 g/mol. The molecule has 2 aromatic heterocycles. The van der Waals surface area contributed by atoms with Crippen molar-refractivity contribution in [3.8, 4) is 11.6 Å². The molecule has 13 nitrogen and oxygen atoms in total. The molecule has 1 unspecified atom stereocenters. The zero-order valence-corrected chi connectivity index (χ0v) is 28.8. The lowest BCUT2D eigenvalue weighted by molar-refractivity contribution is -0.311. The minimum absolute atomic E-state index is 0.0250. The number of benzene rings is 1. The lowest BCUT2D eigenvalue weighted by Crippen LogP contribution is -2.49. The third kappa shape index (κ3) is 10.6. The normalized spacial score (nSPS) is 14.2. The third-order valence-corrected chi connectivity index (χ3v) is 6.59. The largest absolute Gasteiger partial charge is 0.443 e. The van der Waals surface area contributed by atoms with Gasteiger partial charge in [-0.1, -0.05) is 30.3 Å². The Morgan fingerprint density at radius 3 is 2.12 bits per heavy atom. The van der Waals surface area contributed by atoms with Gasteiger partial charge in [-0.15, -0.1) is 10.2 Å². The summed E-state index contributed by atoms with van der Waals surface area (Å²) < 4.78 is 72.7. The van der Waals surface area contributed by atoms with Gasteiger partial charge in [0.1, 0.15) is 16.9 Å². The average Bonchev–Trinajstić information content (AvgIpc) is 3.44. The lowest BCUT2D eigenvalue weighted by Gasteiger charge is -2.32. The van der Waals surface area contributed by atoms with Crippen molar-refractivity contribution in [1.29, 1.82) is 0 Å². The van der Waals surface area contributed by atoms with Gasteiger partial charge >= 0.3 is 18.4 Å². The second-order valence-electron chi connectivity index (χ2n) is 13.4. The van der Waals surface area contributed by atoms with Gasteiger partial charge in [-0.05, 0) is 79.9 Å². The van der Waals surface area contributed by atoms with Crippen molar-refractivity contribution in [2.45, 2.75) is 104 Å². The summed E-state index contributed by atoms with van der Waals surface area (Å²) in [5, 5.41) is 17.0. The predicted octanol–water partition coefficient (Wildman–Crippen LogP) is 6.56. The standard InChI is InChI=1S/C33H43F3N4O9/c1-20-17-23(40(28(43)48-30(3,4)5)29(44)49-31(6,7)8)24(37-25(20)42)26-38-39-27(47-26)32(33(34,35)36,19-45-16-12-13-21(2)41)46-18-22-14-10-9-11-15-22/h9-11,14-15,17,21,41H,12-13,16,18-19H2,1-8H3,(H,37,42)/t21-,32?/m0/s1. The topological polar surface area (TPSA) is 166 Å². The number of nitrogens with zero attached hydrogens (tertiary/aromatic N) is 3. The van der Waals surface area contributed by atoms with Gasteiger partial charge in [0, 0.05) is 12.2 Å². The molecule has 3 aromatic rings. The molecule has 2 heterocycles. The van der Waals surface area contributed by atoms with Gasteiger partial charge in [-0.2, -0.15) is 18.1 Å². The van der Waals surface area contributed by atoms with Crippen LogP contribution in [0.5, 0.6) is 0 Å². The number of aryl methyl sites for hydroxylation is 1. The summed E-state index contributed by atoms with van der Waals surface area (Å²) >= 11 is 0. The third-order valence-electron chi connectivity index (χ3n) is 6.59. The van der Waals surface area contributed by atoms with Crippen LogP contribution in [0.15, 0.2) is 45.6 Å². The molecule has 0 aliphatic carbocycles. The van der Waals surface area contributed by atoms with Crippen LogP contribution >= 0.6 is 0 Å². The highest BCUT2D eigenvalue weighted by Crippen LogP contribution is 2.44. The highest BCUT2D eigenvalue weighted by atomic mass is 19.4. The van der Waals surface area contributed by atoms with E-state index in [4.69, 9.17) is 23.4 Å². The van der Waals surface area contributed by atoms with Crippen molar-refractivity contribution in [2.75, 3.05) is 18.1 Å². The number of halogens is 3. The Labute approximate surface area is 281 Å². The van der Waals surface area contributed by atoms with Crippen LogP contribution in [0.1, 0.15) is 78.3 Å². The maximum Gasteiger partial charge on any atom is 0.428 e. The van der Waals surface area contributed by atoms with E-state index in [1.807, 2.05) is 0 Å². The van der Waals surface area contributed by atoms with E-state index in [1.165, 1.54) is 6.92 Å². The zero-order chi connectivity index (χ0) is 36.8. The molecule has 2 atom stereocenters. The number of hydrogen-bond acceptors (Lipinski definition) is 11. The first kappa shape index (κ1) is 39.2. The molecule has 2 N–H and O–H groups in total. The van der Waals surface area contributed by atoms with Crippen LogP contribution in [0.3, 0.4) is 0 Å². The quantitative estimate of drug-likeness (QED) is 0.197. The molecule has 3 rings (SSSR count). The van der Waals surface area contributed by atoms with Crippen molar-refractivity contribution in [1.82, 2.24) is 15.2 Å². The van der Waals surface area contributed by atoms with Crippen LogP contribution in [0.4, 0.5) is 28.4 Å². The summed E-state index contributed by atoms with van der Waals surface area (Å²) in [5.74, 6) is -1.76. The minimum Gasteiger partial charge on any atom is -0.443 e. The molecular formula is C33H43F3N4O9. The van der Waals surface area contributed by atoms with Gasteiger partial charge in [0.25, 0.3) is 22.9 Å². The Kier molecular flexibility index (Phi) is 12.4. The molecule has 49 heavy (non-hydrogen) atoms. The fraction of sp³-hybridized carbons (Fsp3) is 0.545. The number of hydrogen-bond donors (Lipinski definition) is 2. The summed E-state index contributed by atoms with van der Waals surface area (Å²) in [6.07, 6.45) is -7.76. The Morgan fingerprint density at radius 1 is 1.00 bits per heavy atom. The predicted molar refractivity (Wildman–Crippen MR) is 171 cm³/mol. The van der Waals surface area contributed by atoms with E-state index in [-0.39, 0.29) is 30.7 Å². The minimum atomic E-state index is -5.18. The number of amides is 2. The fourth-order valence-electron chi connectivity index (χ4n) is 4.26. The van der Waals surface area contributed by atoms with Crippen molar-refractivity contribution < 1.29 is 51.2 Å². The number of nitrogens with one attached hydrogen (secondary N) is 1. The number of anilines is 1. The van der Waals surface area contributed by atoms with Crippen LogP contribution in [0.2, 0.25) is 0 Å². The zero-order valence-electron chi connectivity index (χ0n) is 28.8. The second-order valence-corrected chi connectivity index (χ2v) is 13.4. The van der Waals surface area contributed by atoms with E-state index in [1.54, 1.807) is 78.8 Å². The summed E-state index contributed by atoms with van der Waals surface area (Å²) in [4.78, 5) is 42.6. The number of pyridine rings is 1. The van der Waals surface area contributed by atoms with Gasteiger partial charge in [-0.3, -0.25) is 4.79 Å². The smallest absolute Gasteiger partial charge is 0.428 e. The molecule has 0 saturated carbocycles. The summed E-state index contributed by atoms with van der Waals surface area (Å²) in [6, 6.07) is 9.21. The van der Waals surface area contributed by atoms with E-state index < -0.39 is 77.5 Å². The van der Waals surface area contributed by atoms with Crippen molar-refractivity contribution in [2.24, 2.45) is 0 Å². The highest BCUT2D eigenvalue weighted by Gasteiger charge is 2.62. The molecule has 16 heteroatoms. The number of aliphatic hydroxyl groups excluding tert-OH is 1. The van der Waals surface area contributed by atoms with Crippen molar-refractivity contribution in [3.63, 3.8) is 0 Å². The first-order valence-electron chi connectivity index (χ1n) is 15.5. The molecule has 0 bridgehead atoms. The van der Waals surface area contributed by atoms with Crippen LogP contribution in [0, 0.1) is 6.92 Å². The molecule has 0 spiro atoms. The van der Waals surface area contributed by atoms with E-state index in [0.29, 0.717) is 10.5 Å². The van der Waals surface area contributed by atoms with Crippen molar-refractivity contribution >= 4 is 17.9 Å². The Morgan fingerprint density at radius 2 is 1.59 bits per heavy atom. The van der Waals surface area contributed by atoms with E-state index >= 15 is 13.2 Å². The number of aromatic amines is 1. The number of alkyl halides is 3. The number of carbonyl (C=O) groups excluding carboxylic acids is 2. The van der Waals surface area contributed by atoms with E-state index in [0.717, 1.165) is 6.07 Å². The van der Waals surface area contributed by atoms with Crippen LogP contribution in [-0.2, 0) is 31.2 Å². The number of aromatic nitrogens is 3.